The van der Waals surface area contributed by atoms with Crippen LogP contribution in [0.4, 0.5) is 0 Å². The normalized spacial score (nSPS) is 7.36. The first-order valence-electron chi connectivity index (χ1n) is 3.01. The SMILES string of the molecule is C=C(C)c1ccccc1.[K+].[K+]. The molecule has 0 atom stereocenters. The third kappa shape index (κ3) is 6.32. The first kappa shape index (κ1) is 15.7. The minimum Gasteiger partial charge on any atom is -0.0955 e. The second-order valence-corrected chi connectivity index (χ2v) is 2.15. The van der Waals surface area contributed by atoms with Gasteiger partial charge in [-0.3, -0.25) is 0 Å². The molecular formula is C9H10K2+2. The average molecular weight is 196 g/mol. The van der Waals surface area contributed by atoms with E-state index in [1.54, 1.807) is 0 Å². The standard InChI is InChI=1S/C9H10.2K/c1-8(2)9-6-4-3-5-7-9;;/h3-7H,1H2,2H3;;/q;2*+1. The van der Waals surface area contributed by atoms with Crippen molar-refractivity contribution in [2.24, 2.45) is 0 Å². The molecule has 0 aliphatic heterocycles. The molecule has 1 aromatic rings. The maximum atomic E-state index is 3.83. The van der Waals surface area contributed by atoms with Gasteiger partial charge in [0.15, 0.2) is 0 Å². The molecule has 0 radical (unpaired) electrons. The zero-order chi connectivity index (χ0) is 6.69. The molecule has 0 spiro atoms. The van der Waals surface area contributed by atoms with E-state index >= 15 is 0 Å². The van der Waals surface area contributed by atoms with Gasteiger partial charge in [-0.15, -0.1) is 0 Å². The van der Waals surface area contributed by atoms with Crippen molar-refractivity contribution in [3.8, 4) is 0 Å². The monoisotopic (exact) mass is 196 g/mol. The minimum atomic E-state index is 0. The van der Waals surface area contributed by atoms with Gasteiger partial charge in [-0.1, -0.05) is 42.5 Å². The first-order chi connectivity index (χ1) is 4.30. The van der Waals surface area contributed by atoms with Crippen molar-refractivity contribution in [2.75, 3.05) is 0 Å². The van der Waals surface area contributed by atoms with Crippen molar-refractivity contribution in [1.29, 1.82) is 0 Å². The van der Waals surface area contributed by atoms with Crippen LogP contribution >= 0.6 is 0 Å². The van der Waals surface area contributed by atoms with Gasteiger partial charge in [0.05, 0.1) is 0 Å². The van der Waals surface area contributed by atoms with Gasteiger partial charge in [0.1, 0.15) is 0 Å². The Kier molecular flexibility index (Phi) is 12.6. The van der Waals surface area contributed by atoms with Gasteiger partial charge in [0.2, 0.25) is 0 Å². The maximum absolute atomic E-state index is 3.83. The minimum absolute atomic E-state index is 0. The smallest absolute Gasteiger partial charge is 0.0955 e. The number of hydrogen-bond donors (Lipinski definition) is 0. The van der Waals surface area contributed by atoms with Gasteiger partial charge in [-0.2, -0.15) is 0 Å². The van der Waals surface area contributed by atoms with Crippen molar-refractivity contribution >= 4 is 5.57 Å². The summed E-state index contributed by atoms with van der Waals surface area (Å²) in [6.45, 7) is 5.83. The van der Waals surface area contributed by atoms with Crippen LogP contribution in [0.15, 0.2) is 36.9 Å². The van der Waals surface area contributed by atoms with E-state index in [1.807, 2.05) is 25.1 Å². The Morgan fingerprint density at radius 1 is 1.09 bits per heavy atom. The summed E-state index contributed by atoms with van der Waals surface area (Å²) in [6.07, 6.45) is 0. The summed E-state index contributed by atoms with van der Waals surface area (Å²) in [5, 5.41) is 0. The van der Waals surface area contributed by atoms with Crippen LogP contribution in [0.25, 0.3) is 5.57 Å². The summed E-state index contributed by atoms with van der Waals surface area (Å²) in [4.78, 5) is 0. The molecule has 46 valence electrons. The molecule has 0 amide bonds. The van der Waals surface area contributed by atoms with Crippen LogP contribution in [0.2, 0.25) is 0 Å². The molecular weight excluding hydrogens is 186 g/mol. The summed E-state index contributed by atoms with van der Waals surface area (Å²) in [6, 6.07) is 10.2. The summed E-state index contributed by atoms with van der Waals surface area (Å²) in [5.41, 5.74) is 2.34. The Hall–Kier alpha value is 2.23. The van der Waals surface area contributed by atoms with Crippen molar-refractivity contribution < 1.29 is 103 Å². The molecule has 11 heavy (non-hydrogen) atoms. The molecule has 0 bridgehead atoms. The van der Waals surface area contributed by atoms with Crippen LogP contribution in [0.3, 0.4) is 0 Å². The molecule has 0 aliphatic rings. The molecule has 0 N–H and O–H groups in total. The van der Waals surface area contributed by atoms with Crippen molar-refractivity contribution in [3.05, 3.63) is 42.5 Å². The molecule has 0 aliphatic carbocycles. The third-order valence-corrected chi connectivity index (χ3v) is 1.27. The summed E-state index contributed by atoms with van der Waals surface area (Å²) < 4.78 is 0. The largest absolute Gasteiger partial charge is 1.00 e. The number of hydrogen-bond acceptors (Lipinski definition) is 0. The van der Waals surface area contributed by atoms with Gasteiger partial charge in [-0.05, 0) is 12.5 Å². The van der Waals surface area contributed by atoms with Crippen LogP contribution in [0.5, 0.6) is 0 Å². The van der Waals surface area contributed by atoms with Crippen molar-refractivity contribution in [3.63, 3.8) is 0 Å². The second kappa shape index (κ2) is 8.81. The van der Waals surface area contributed by atoms with Gasteiger partial charge < -0.3 is 0 Å². The van der Waals surface area contributed by atoms with E-state index in [1.165, 1.54) is 5.56 Å². The number of allylic oxidation sites excluding steroid dienone is 1. The van der Waals surface area contributed by atoms with Gasteiger partial charge in [0.25, 0.3) is 0 Å². The Morgan fingerprint density at radius 3 is 1.82 bits per heavy atom. The van der Waals surface area contributed by atoms with Crippen LogP contribution < -0.4 is 103 Å². The topological polar surface area (TPSA) is 0 Å². The molecule has 1 rings (SSSR count). The average Bonchev–Trinajstić information content (AvgIpc) is 1.90. The van der Waals surface area contributed by atoms with E-state index in [2.05, 4.69) is 18.7 Å². The molecule has 0 fully saturated rings. The molecule has 0 saturated carbocycles. The quantitative estimate of drug-likeness (QED) is 0.414. The zero-order valence-electron chi connectivity index (χ0n) is 7.59. The van der Waals surface area contributed by atoms with Crippen molar-refractivity contribution in [2.45, 2.75) is 6.92 Å². The van der Waals surface area contributed by atoms with Crippen molar-refractivity contribution in [1.82, 2.24) is 0 Å². The maximum Gasteiger partial charge on any atom is 1.00 e. The Labute approximate surface area is 154 Å². The van der Waals surface area contributed by atoms with Crippen LogP contribution in [-0.4, -0.2) is 0 Å². The molecule has 0 saturated heterocycles. The van der Waals surface area contributed by atoms with E-state index in [4.69, 9.17) is 0 Å². The fourth-order valence-corrected chi connectivity index (χ4v) is 0.723. The second-order valence-electron chi connectivity index (χ2n) is 2.15. The van der Waals surface area contributed by atoms with Crippen LogP contribution in [-0.2, 0) is 0 Å². The van der Waals surface area contributed by atoms with Gasteiger partial charge >= 0.3 is 103 Å². The van der Waals surface area contributed by atoms with E-state index < -0.39 is 0 Å². The molecule has 1 aromatic carbocycles. The van der Waals surface area contributed by atoms with Crippen LogP contribution in [0, 0.1) is 0 Å². The van der Waals surface area contributed by atoms with Crippen LogP contribution in [0.1, 0.15) is 12.5 Å². The Morgan fingerprint density at radius 2 is 1.55 bits per heavy atom. The molecule has 0 aromatic heterocycles. The number of benzene rings is 1. The fraction of sp³-hybridized carbons (Fsp3) is 0.111. The molecule has 0 nitrogen and oxygen atoms in total. The molecule has 0 unspecified atom stereocenters. The Bertz CT molecular complexity index is 204. The number of rotatable bonds is 1. The van der Waals surface area contributed by atoms with Gasteiger partial charge in [-0.25, -0.2) is 0 Å². The van der Waals surface area contributed by atoms with Gasteiger partial charge in [0, 0.05) is 0 Å². The fourth-order valence-electron chi connectivity index (χ4n) is 0.723. The summed E-state index contributed by atoms with van der Waals surface area (Å²) in [5.74, 6) is 0. The first-order valence-corrected chi connectivity index (χ1v) is 3.01. The third-order valence-electron chi connectivity index (χ3n) is 1.27. The predicted octanol–water partition coefficient (Wildman–Crippen LogP) is -3.27. The van der Waals surface area contributed by atoms with E-state index in [9.17, 15) is 0 Å². The zero-order valence-corrected chi connectivity index (χ0v) is 13.8. The summed E-state index contributed by atoms with van der Waals surface area (Å²) >= 11 is 0. The van der Waals surface area contributed by atoms with E-state index in [-0.39, 0.29) is 103 Å². The Balaban J connectivity index is 0. The van der Waals surface area contributed by atoms with E-state index in [0.717, 1.165) is 5.57 Å². The van der Waals surface area contributed by atoms with E-state index in [0.29, 0.717) is 0 Å². The molecule has 2 heteroatoms. The predicted molar refractivity (Wildman–Crippen MR) is 41.2 cm³/mol. The molecule has 0 heterocycles. The summed E-state index contributed by atoms with van der Waals surface area (Å²) in [7, 11) is 0.